The van der Waals surface area contributed by atoms with Gasteiger partial charge in [0.2, 0.25) is 5.82 Å². The Labute approximate surface area is 166 Å². The second-order valence-corrected chi connectivity index (χ2v) is 7.01. The zero-order valence-corrected chi connectivity index (χ0v) is 16.5. The molecule has 0 unspecified atom stereocenters. The molecule has 0 amide bonds. The van der Waals surface area contributed by atoms with Crippen LogP contribution in [0.15, 0.2) is 36.8 Å². The zero-order valence-electron chi connectivity index (χ0n) is 16.5. The molecule has 144 valence electrons. The fourth-order valence-electron chi connectivity index (χ4n) is 3.07. The molecule has 3 aromatic rings. The molecule has 0 spiro atoms. The SMILES string of the molecule is Cc1ccc(-c2cc(CCCNCCCc3cnc[nH]3)nc(C#N)n2)cc1C. The van der Waals surface area contributed by atoms with E-state index in [1.54, 1.807) is 6.33 Å². The van der Waals surface area contributed by atoms with Gasteiger partial charge in [0.25, 0.3) is 0 Å². The van der Waals surface area contributed by atoms with Gasteiger partial charge in [0.15, 0.2) is 0 Å². The van der Waals surface area contributed by atoms with Crippen LogP contribution in [0.1, 0.15) is 41.2 Å². The average Bonchev–Trinajstić information content (AvgIpc) is 3.22. The molecule has 28 heavy (non-hydrogen) atoms. The highest BCUT2D eigenvalue weighted by Gasteiger charge is 2.08. The Balaban J connectivity index is 1.52. The highest BCUT2D eigenvalue weighted by molar-refractivity contribution is 5.61. The number of aryl methyl sites for hydroxylation is 4. The third-order valence-electron chi connectivity index (χ3n) is 4.82. The molecule has 6 heteroatoms. The Morgan fingerprint density at radius 1 is 1.04 bits per heavy atom. The Kier molecular flexibility index (Phi) is 6.88. The molecule has 0 aliphatic carbocycles. The first kappa shape index (κ1) is 19.7. The lowest BCUT2D eigenvalue weighted by molar-refractivity contribution is 0.616. The van der Waals surface area contributed by atoms with E-state index in [1.807, 2.05) is 12.3 Å². The van der Waals surface area contributed by atoms with E-state index in [0.29, 0.717) is 0 Å². The molecule has 0 bridgehead atoms. The number of nitriles is 1. The van der Waals surface area contributed by atoms with E-state index in [2.05, 4.69) is 63.4 Å². The molecule has 0 saturated heterocycles. The van der Waals surface area contributed by atoms with Crippen LogP contribution in [-0.4, -0.2) is 33.0 Å². The maximum Gasteiger partial charge on any atom is 0.232 e. The van der Waals surface area contributed by atoms with Gasteiger partial charge in [-0.25, -0.2) is 15.0 Å². The van der Waals surface area contributed by atoms with Crippen LogP contribution in [0.4, 0.5) is 0 Å². The number of hydrogen-bond acceptors (Lipinski definition) is 5. The van der Waals surface area contributed by atoms with Gasteiger partial charge in [0.05, 0.1) is 12.0 Å². The van der Waals surface area contributed by atoms with Gasteiger partial charge in [-0.05, 0) is 75.9 Å². The van der Waals surface area contributed by atoms with Gasteiger partial charge in [-0.3, -0.25) is 0 Å². The lowest BCUT2D eigenvalue weighted by atomic mass is 10.0. The van der Waals surface area contributed by atoms with E-state index >= 15 is 0 Å². The second-order valence-electron chi connectivity index (χ2n) is 7.01. The summed E-state index contributed by atoms with van der Waals surface area (Å²) in [5.41, 5.74) is 6.40. The largest absolute Gasteiger partial charge is 0.348 e. The quantitative estimate of drug-likeness (QED) is 0.559. The van der Waals surface area contributed by atoms with E-state index in [9.17, 15) is 5.26 Å². The van der Waals surface area contributed by atoms with Crippen molar-refractivity contribution in [2.45, 2.75) is 39.5 Å². The summed E-state index contributed by atoms with van der Waals surface area (Å²) in [6, 6.07) is 10.3. The van der Waals surface area contributed by atoms with Crippen molar-refractivity contribution >= 4 is 0 Å². The monoisotopic (exact) mass is 374 g/mol. The number of nitrogens with zero attached hydrogens (tertiary/aromatic N) is 4. The van der Waals surface area contributed by atoms with E-state index in [0.717, 1.165) is 55.7 Å². The van der Waals surface area contributed by atoms with Crippen molar-refractivity contribution in [2.75, 3.05) is 13.1 Å². The number of hydrogen-bond donors (Lipinski definition) is 2. The minimum Gasteiger partial charge on any atom is -0.348 e. The summed E-state index contributed by atoms with van der Waals surface area (Å²) in [6.45, 7) is 6.07. The van der Waals surface area contributed by atoms with Crippen molar-refractivity contribution in [3.63, 3.8) is 0 Å². The number of benzene rings is 1. The molecule has 0 fully saturated rings. The first-order chi connectivity index (χ1) is 13.7. The topological polar surface area (TPSA) is 90.3 Å². The Morgan fingerprint density at radius 3 is 2.57 bits per heavy atom. The average molecular weight is 374 g/mol. The normalized spacial score (nSPS) is 10.8. The number of rotatable bonds is 9. The smallest absolute Gasteiger partial charge is 0.232 e. The van der Waals surface area contributed by atoms with Gasteiger partial charge in [-0.2, -0.15) is 5.26 Å². The third kappa shape index (κ3) is 5.48. The van der Waals surface area contributed by atoms with Crippen molar-refractivity contribution in [2.24, 2.45) is 0 Å². The Bertz CT molecular complexity index is 940. The maximum absolute atomic E-state index is 9.28. The van der Waals surface area contributed by atoms with E-state index < -0.39 is 0 Å². The van der Waals surface area contributed by atoms with Gasteiger partial charge in [-0.1, -0.05) is 12.1 Å². The molecule has 0 saturated carbocycles. The van der Waals surface area contributed by atoms with Crippen LogP contribution in [0.2, 0.25) is 0 Å². The second kappa shape index (κ2) is 9.77. The van der Waals surface area contributed by atoms with Gasteiger partial charge >= 0.3 is 0 Å². The minimum atomic E-state index is 0.234. The lowest BCUT2D eigenvalue weighted by Crippen LogP contribution is -2.18. The van der Waals surface area contributed by atoms with Crippen LogP contribution in [0.3, 0.4) is 0 Å². The van der Waals surface area contributed by atoms with Gasteiger partial charge in [0, 0.05) is 23.1 Å². The number of aromatic amines is 1. The molecule has 6 nitrogen and oxygen atoms in total. The standard InChI is InChI=1S/C22H26N6/c1-16-7-8-18(11-17(16)2)21-12-19(27-22(13-23)28-21)5-3-9-24-10-4-6-20-14-25-15-26-20/h7-8,11-12,14-15,24H,3-6,9-10H2,1-2H3,(H,25,26). The van der Waals surface area contributed by atoms with Crippen LogP contribution in [-0.2, 0) is 12.8 Å². The molecule has 2 heterocycles. The van der Waals surface area contributed by atoms with Crippen molar-refractivity contribution in [1.82, 2.24) is 25.3 Å². The fourth-order valence-corrected chi connectivity index (χ4v) is 3.07. The van der Waals surface area contributed by atoms with Crippen molar-refractivity contribution < 1.29 is 0 Å². The number of nitrogens with one attached hydrogen (secondary N) is 2. The van der Waals surface area contributed by atoms with E-state index in [-0.39, 0.29) is 5.82 Å². The molecule has 0 aliphatic heterocycles. The molecular weight excluding hydrogens is 348 g/mol. The Hall–Kier alpha value is -3.04. The predicted molar refractivity (Wildman–Crippen MR) is 110 cm³/mol. The molecule has 0 aliphatic rings. The maximum atomic E-state index is 9.28. The molecule has 3 rings (SSSR count). The number of imidazole rings is 1. The highest BCUT2D eigenvalue weighted by atomic mass is 14.9. The Morgan fingerprint density at radius 2 is 1.86 bits per heavy atom. The van der Waals surface area contributed by atoms with Crippen molar-refractivity contribution in [3.05, 3.63) is 65.1 Å². The summed E-state index contributed by atoms with van der Waals surface area (Å²) in [5, 5.41) is 12.7. The van der Waals surface area contributed by atoms with Crippen LogP contribution in [0.25, 0.3) is 11.3 Å². The fraction of sp³-hybridized carbons (Fsp3) is 0.364. The molecule has 0 radical (unpaired) electrons. The molecule has 0 atom stereocenters. The number of H-pyrrole nitrogens is 1. The summed E-state index contributed by atoms with van der Waals surface area (Å²) in [6.07, 6.45) is 7.46. The minimum absolute atomic E-state index is 0.234. The zero-order chi connectivity index (χ0) is 19.8. The molecule has 1 aromatic carbocycles. The van der Waals surface area contributed by atoms with Crippen LogP contribution in [0.5, 0.6) is 0 Å². The molecular formula is C22H26N6. The van der Waals surface area contributed by atoms with Gasteiger partial charge in [0.1, 0.15) is 6.07 Å². The first-order valence-corrected chi connectivity index (χ1v) is 9.69. The van der Waals surface area contributed by atoms with E-state index in [4.69, 9.17) is 0 Å². The van der Waals surface area contributed by atoms with E-state index in [1.165, 1.54) is 16.8 Å². The summed E-state index contributed by atoms with van der Waals surface area (Å²) < 4.78 is 0. The number of aromatic nitrogens is 4. The molecule has 2 aromatic heterocycles. The predicted octanol–water partition coefficient (Wildman–Crippen LogP) is 3.51. The lowest BCUT2D eigenvalue weighted by Gasteiger charge is -2.08. The van der Waals surface area contributed by atoms with Crippen LogP contribution in [0, 0.1) is 25.2 Å². The van der Waals surface area contributed by atoms with Crippen molar-refractivity contribution in [3.8, 4) is 17.3 Å². The summed E-state index contributed by atoms with van der Waals surface area (Å²) in [4.78, 5) is 15.9. The summed E-state index contributed by atoms with van der Waals surface area (Å²) >= 11 is 0. The summed E-state index contributed by atoms with van der Waals surface area (Å²) in [5.74, 6) is 0.234. The van der Waals surface area contributed by atoms with Gasteiger partial charge in [-0.15, -0.1) is 0 Å². The van der Waals surface area contributed by atoms with Crippen molar-refractivity contribution in [1.29, 1.82) is 5.26 Å². The third-order valence-corrected chi connectivity index (χ3v) is 4.82. The first-order valence-electron chi connectivity index (χ1n) is 9.69. The van der Waals surface area contributed by atoms with Crippen LogP contribution >= 0.6 is 0 Å². The van der Waals surface area contributed by atoms with Crippen LogP contribution < -0.4 is 5.32 Å². The molecule has 2 N–H and O–H groups in total. The highest BCUT2D eigenvalue weighted by Crippen LogP contribution is 2.21. The van der Waals surface area contributed by atoms with Gasteiger partial charge < -0.3 is 10.3 Å². The summed E-state index contributed by atoms with van der Waals surface area (Å²) in [7, 11) is 0.